The van der Waals surface area contributed by atoms with Gasteiger partial charge < -0.3 is 19.7 Å². The Hall–Kier alpha value is -3.82. The van der Waals surface area contributed by atoms with Gasteiger partial charge in [0, 0.05) is 6.54 Å². The molecule has 1 heterocycles. The molecule has 6 nitrogen and oxygen atoms in total. The summed E-state index contributed by atoms with van der Waals surface area (Å²) in [5.41, 5.74) is 3.05. The number of benzene rings is 3. The van der Waals surface area contributed by atoms with Gasteiger partial charge in [-0.2, -0.15) is 13.2 Å². The van der Waals surface area contributed by atoms with Gasteiger partial charge in [-0.15, -0.1) is 0 Å². The third-order valence-electron chi connectivity index (χ3n) is 6.13. The Balaban J connectivity index is 1.64. The third-order valence-corrected chi connectivity index (χ3v) is 6.13. The van der Waals surface area contributed by atoms with Crippen molar-refractivity contribution in [2.45, 2.75) is 25.7 Å². The average molecular weight is 514 g/mol. The lowest BCUT2D eigenvalue weighted by molar-refractivity contribution is -0.140. The highest BCUT2D eigenvalue weighted by Crippen LogP contribution is 2.37. The minimum Gasteiger partial charge on any atom is -0.486 e. The molecule has 0 amide bonds. The predicted octanol–water partition coefficient (Wildman–Crippen LogP) is 5.16. The number of nitrogens with one attached hydrogen (secondary N) is 1. The molecule has 37 heavy (non-hydrogen) atoms. The van der Waals surface area contributed by atoms with Gasteiger partial charge in [-0.3, -0.25) is 10.1 Å². The Labute approximate surface area is 212 Å². The first-order valence-corrected chi connectivity index (χ1v) is 11.6. The van der Waals surface area contributed by atoms with Crippen LogP contribution in [0.3, 0.4) is 0 Å². The number of aliphatic hydroxyl groups excluding tert-OH is 1. The highest BCUT2D eigenvalue weighted by Gasteiger charge is 2.32. The highest BCUT2D eigenvalue weighted by molar-refractivity contribution is 5.79. The average Bonchev–Trinajstić information content (AvgIpc) is 2.87. The van der Waals surface area contributed by atoms with Gasteiger partial charge in [0.25, 0.3) is 0 Å². The van der Waals surface area contributed by atoms with E-state index in [0.717, 1.165) is 28.3 Å². The molecule has 0 aliphatic carbocycles. The highest BCUT2D eigenvalue weighted by atomic mass is 19.4. The van der Waals surface area contributed by atoms with Crippen LogP contribution in [-0.2, 0) is 17.5 Å². The zero-order valence-corrected chi connectivity index (χ0v) is 20.0. The van der Waals surface area contributed by atoms with Gasteiger partial charge in [0.1, 0.15) is 19.3 Å². The summed E-state index contributed by atoms with van der Waals surface area (Å²) in [5, 5.41) is 20.8. The SMILES string of the molecule is Cc1c(C=Cc2cc(CNC(CO)C(=O)O)ccc2C(F)(F)F)cccc1-c1ccc2c(c1)OCCO2. The van der Waals surface area contributed by atoms with Gasteiger partial charge in [-0.1, -0.05) is 42.5 Å². The fourth-order valence-corrected chi connectivity index (χ4v) is 4.13. The molecule has 3 aromatic carbocycles. The lowest BCUT2D eigenvalue weighted by atomic mass is 9.95. The van der Waals surface area contributed by atoms with E-state index in [4.69, 9.17) is 19.7 Å². The number of carboxylic acids is 1. The molecule has 0 bridgehead atoms. The van der Waals surface area contributed by atoms with E-state index in [1.165, 1.54) is 18.2 Å². The molecular formula is C28H26F3NO5. The minimum atomic E-state index is -4.57. The molecule has 1 aliphatic heterocycles. The molecule has 1 unspecified atom stereocenters. The summed E-state index contributed by atoms with van der Waals surface area (Å²) in [7, 11) is 0. The summed E-state index contributed by atoms with van der Waals surface area (Å²) in [5.74, 6) is 0.0741. The van der Waals surface area contributed by atoms with Crippen molar-refractivity contribution in [3.05, 3.63) is 82.4 Å². The van der Waals surface area contributed by atoms with E-state index in [0.29, 0.717) is 30.3 Å². The second-order valence-corrected chi connectivity index (χ2v) is 8.59. The number of halogens is 3. The molecule has 3 N–H and O–H groups in total. The maximum Gasteiger partial charge on any atom is 0.416 e. The number of rotatable bonds is 8. The molecule has 0 fully saturated rings. The number of aliphatic hydroxyl groups is 1. The number of carbonyl (C=O) groups is 1. The Bertz CT molecular complexity index is 1320. The second-order valence-electron chi connectivity index (χ2n) is 8.59. The van der Waals surface area contributed by atoms with E-state index in [1.807, 2.05) is 43.3 Å². The first-order valence-electron chi connectivity index (χ1n) is 11.6. The monoisotopic (exact) mass is 513 g/mol. The molecule has 0 aromatic heterocycles. The third kappa shape index (κ3) is 6.12. The van der Waals surface area contributed by atoms with Crippen LogP contribution in [0.15, 0.2) is 54.6 Å². The molecule has 0 saturated heterocycles. The molecule has 194 valence electrons. The van der Waals surface area contributed by atoms with E-state index in [9.17, 15) is 18.0 Å². The van der Waals surface area contributed by atoms with Crippen LogP contribution in [0.5, 0.6) is 11.5 Å². The number of hydrogen-bond acceptors (Lipinski definition) is 5. The van der Waals surface area contributed by atoms with E-state index in [-0.39, 0.29) is 12.1 Å². The molecule has 0 radical (unpaired) electrons. The maximum absolute atomic E-state index is 13.7. The van der Waals surface area contributed by atoms with Crippen LogP contribution in [0.2, 0.25) is 0 Å². The van der Waals surface area contributed by atoms with Crippen molar-refractivity contribution in [2.24, 2.45) is 0 Å². The number of fused-ring (bicyclic) bond motifs is 1. The van der Waals surface area contributed by atoms with Crippen molar-refractivity contribution in [2.75, 3.05) is 19.8 Å². The quantitative estimate of drug-likeness (QED) is 0.361. The van der Waals surface area contributed by atoms with Gasteiger partial charge in [-0.05, 0) is 64.6 Å². The molecular weight excluding hydrogens is 487 g/mol. The fourth-order valence-electron chi connectivity index (χ4n) is 4.13. The first-order chi connectivity index (χ1) is 17.7. The Morgan fingerprint density at radius 3 is 2.46 bits per heavy atom. The normalized spacial score (nSPS) is 14.1. The standard InChI is InChI=1S/C28H26F3NO5/c1-17-19(3-2-4-22(17)20-8-10-25-26(14-20)37-12-11-36-25)6-7-21-13-18(5-9-23(21)28(29,30)31)15-32-24(16-33)27(34)35/h2-10,13-14,24,32-33H,11-12,15-16H2,1H3,(H,34,35). The molecule has 3 aromatic rings. The largest absolute Gasteiger partial charge is 0.486 e. The van der Waals surface area contributed by atoms with Crippen LogP contribution < -0.4 is 14.8 Å². The lowest BCUT2D eigenvalue weighted by Gasteiger charge is -2.19. The zero-order valence-electron chi connectivity index (χ0n) is 20.0. The Morgan fingerprint density at radius 2 is 1.76 bits per heavy atom. The van der Waals surface area contributed by atoms with Gasteiger partial charge >= 0.3 is 12.1 Å². The molecule has 0 saturated carbocycles. The maximum atomic E-state index is 13.7. The van der Waals surface area contributed by atoms with Crippen molar-refractivity contribution in [1.29, 1.82) is 0 Å². The summed E-state index contributed by atoms with van der Waals surface area (Å²) in [6, 6.07) is 13.7. The van der Waals surface area contributed by atoms with Crippen LogP contribution >= 0.6 is 0 Å². The summed E-state index contributed by atoms with van der Waals surface area (Å²) in [4.78, 5) is 11.1. The fraction of sp³-hybridized carbons (Fsp3) is 0.250. The number of carboxylic acid groups (broad SMARTS) is 1. The van der Waals surface area contributed by atoms with Crippen LogP contribution in [-0.4, -0.2) is 42.0 Å². The van der Waals surface area contributed by atoms with Crippen LogP contribution in [0.25, 0.3) is 23.3 Å². The van der Waals surface area contributed by atoms with Crippen molar-refractivity contribution in [3.63, 3.8) is 0 Å². The summed E-state index contributed by atoms with van der Waals surface area (Å²) in [6.07, 6.45) is -1.53. The molecule has 9 heteroatoms. The zero-order chi connectivity index (χ0) is 26.6. The molecule has 1 atom stereocenters. The smallest absolute Gasteiger partial charge is 0.416 e. The van der Waals surface area contributed by atoms with Crippen molar-refractivity contribution in [1.82, 2.24) is 5.32 Å². The van der Waals surface area contributed by atoms with Crippen LogP contribution in [0.4, 0.5) is 13.2 Å². The number of aliphatic carboxylic acids is 1. The molecule has 0 spiro atoms. The Morgan fingerprint density at radius 1 is 1.03 bits per heavy atom. The van der Waals surface area contributed by atoms with Gasteiger partial charge in [0.2, 0.25) is 0 Å². The van der Waals surface area contributed by atoms with Crippen molar-refractivity contribution >= 4 is 18.1 Å². The second kappa shape index (κ2) is 11.1. The van der Waals surface area contributed by atoms with Crippen LogP contribution in [0, 0.1) is 6.92 Å². The summed E-state index contributed by atoms with van der Waals surface area (Å²) < 4.78 is 52.4. The number of hydrogen-bond donors (Lipinski definition) is 3. The van der Waals surface area contributed by atoms with E-state index >= 15 is 0 Å². The summed E-state index contributed by atoms with van der Waals surface area (Å²) >= 11 is 0. The van der Waals surface area contributed by atoms with E-state index < -0.39 is 30.4 Å². The van der Waals surface area contributed by atoms with E-state index in [2.05, 4.69) is 5.32 Å². The first kappa shape index (κ1) is 26.2. The minimum absolute atomic E-state index is 0.0187. The summed E-state index contributed by atoms with van der Waals surface area (Å²) in [6.45, 7) is 2.20. The molecule has 4 rings (SSSR count). The van der Waals surface area contributed by atoms with Crippen molar-refractivity contribution in [3.8, 4) is 22.6 Å². The van der Waals surface area contributed by atoms with Gasteiger partial charge in [-0.25, -0.2) is 0 Å². The van der Waals surface area contributed by atoms with Gasteiger partial charge in [0.05, 0.1) is 12.2 Å². The van der Waals surface area contributed by atoms with E-state index in [1.54, 1.807) is 6.08 Å². The molecule has 1 aliphatic rings. The number of alkyl halides is 3. The predicted molar refractivity (Wildman–Crippen MR) is 133 cm³/mol. The lowest BCUT2D eigenvalue weighted by Crippen LogP contribution is -2.39. The van der Waals surface area contributed by atoms with Crippen LogP contribution in [0.1, 0.15) is 27.8 Å². The van der Waals surface area contributed by atoms with Gasteiger partial charge in [0.15, 0.2) is 11.5 Å². The topological polar surface area (TPSA) is 88.0 Å². The number of ether oxygens (including phenoxy) is 2. The Kier molecular flexibility index (Phi) is 7.85. The van der Waals surface area contributed by atoms with Crippen molar-refractivity contribution < 1.29 is 37.7 Å².